The fraction of sp³-hybridized carbons (Fsp3) is 0.500. The van der Waals surface area contributed by atoms with Crippen molar-refractivity contribution in [3.05, 3.63) is 24.1 Å². The molecule has 2 aromatic rings. The molecule has 2 aromatic heterocycles. The Kier molecular flexibility index (Phi) is 3.62. The molecule has 3 heterocycles. The Morgan fingerprint density at radius 1 is 1.48 bits per heavy atom. The standard InChI is InChI=1S/C14H19N3O3S/c1-10-8-12-13(20-10)5-6-15-14(12)17-7-3-4-11(9-17)16-21(2,18)19/h5-6,8,11,16H,3-4,7,9H2,1-2H3/t11-/m1/s1. The number of hydrogen-bond acceptors (Lipinski definition) is 5. The first kappa shape index (κ1) is 14.3. The van der Waals surface area contributed by atoms with Crippen molar-refractivity contribution < 1.29 is 12.8 Å². The molecule has 0 spiro atoms. The molecule has 21 heavy (non-hydrogen) atoms. The average molecular weight is 309 g/mol. The van der Waals surface area contributed by atoms with Crippen LogP contribution in [0.5, 0.6) is 0 Å². The third-order valence-electron chi connectivity index (χ3n) is 3.65. The lowest BCUT2D eigenvalue weighted by Gasteiger charge is -2.33. The number of aromatic nitrogens is 1. The van der Waals surface area contributed by atoms with Crippen LogP contribution in [-0.2, 0) is 10.0 Å². The first-order valence-corrected chi connectivity index (χ1v) is 8.89. The number of piperidine rings is 1. The second kappa shape index (κ2) is 5.31. The Morgan fingerprint density at radius 3 is 3.05 bits per heavy atom. The number of hydrogen-bond donors (Lipinski definition) is 1. The van der Waals surface area contributed by atoms with Gasteiger partial charge >= 0.3 is 0 Å². The van der Waals surface area contributed by atoms with E-state index in [4.69, 9.17) is 4.42 Å². The topological polar surface area (TPSA) is 75.4 Å². The van der Waals surface area contributed by atoms with E-state index in [1.54, 1.807) is 6.20 Å². The Morgan fingerprint density at radius 2 is 2.29 bits per heavy atom. The van der Waals surface area contributed by atoms with Crippen molar-refractivity contribution >= 4 is 26.8 Å². The maximum atomic E-state index is 11.4. The Hall–Kier alpha value is -1.60. The van der Waals surface area contributed by atoms with Gasteiger partial charge in [0.15, 0.2) is 0 Å². The molecule has 114 valence electrons. The van der Waals surface area contributed by atoms with E-state index in [1.807, 2.05) is 19.1 Å². The summed E-state index contributed by atoms with van der Waals surface area (Å²) in [6, 6.07) is 3.76. The first-order chi connectivity index (χ1) is 9.92. The summed E-state index contributed by atoms with van der Waals surface area (Å²) in [5.41, 5.74) is 0.815. The Balaban J connectivity index is 1.88. The lowest BCUT2D eigenvalue weighted by Crippen LogP contribution is -2.47. The van der Waals surface area contributed by atoms with E-state index in [0.29, 0.717) is 6.54 Å². The molecule has 1 aliphatic rings. The molecule has 7 heteroatoms. The number of pyridine rings is 1. The van der Waals surface area contributed by atoms with Crippen molar-refractivity contribution in [1.29, 1.82) is 0 Å². The minimum Gasteiger partial charge on any atom is -0.461 e. The van der Waals surface area contributed by atoms with E-state index in [2.05, 4.69) is 14.6 Å². The average Bonchev–Trinajstić information content (AvgIpc) is 2.76. The summed E-state index contributed by atoms with van der Waals surface area (Å²) in [6.07, 6.45) is 4.71. The summed E-state index contributed by atoms with van der Waals surface area (Å²) in [5, 5.41) is 0.981. The summed E-state index contributed by atoms with van der Waals surface area (Å²) in [5.74, 6) is 1.71. The van der Waals surface area contributed by atoms with Crippen LogP contribution in [0, 0.1) is 6.92 Å². The van der Waals surface area contributed by atoms with Crippen LogP contribution in [0.2, 0.25) is 0 Å². The number of anilines is 1. The number of nitrogens with zero attached hydrogens (tertiary/aromatic N) is 2. The van der Waals surface area contributed by atoms with Crippen molar-refractivity contribution in [2.75, 3.05) is 24.2 Å². The molecule has 1 atom stereocenters. The zero-order valence-corrected chi connectivity index (χ0v) is 13.0. The van der Waals surface area contributed by atoms with Crippen molar-refractivity contribution in [3.8, 4) is 0 Å². The smallest absolute Gasteiger partial charge is 0.209 e. The minimum atomic E-state index is -3.18. The first-order valence-electron chi connectivity index (χ1n) is 7.00. The normalized spacial score (nSPS) is 20.1. The second-order valence-electron chi connectivity index (χ2n) is 5.58. The molecular formula is C14H19N3O3S. The van der Waals surface area contributed by atoms with E-state index in [1.165, 1.54) is 6.26 Å². The highest BCUT2D eigenvalue weighted by molar-refractivity contribution is 7.88. The number of nitrogens with one attached hydrogen (secondary N) is 1. The second-order valence-corrected chi connectivity index (χ2v) is 7.36. The maximum Gasteiger partial charge on any atom is 0.209 e. The summed E-state index contributed by atoms with van der Waals surface area (Å²) in [6.45, 7) is 3.41. The van der Waals surface area contributed by atoms with Gasteiger partial charge in [0.05, 0.1) is 11.6 Å². The highest BCUT2D eigenvalue weighted by Gasteiger charge is 2.24. The molecule has 0 aromatic carbocycles. The van der Waals surface area contributed by atoms with Crippen LogP contribution in [0.25, 0.3) is 11.0 Å². The van der Waals surface area contributed by atoms with Crippen LogP contribution in [-0.4, -0.2) is 38.8 Å². The lowest BCUT2D eigenvalue weighted by atomic mass is 10.1. The van der Waals surface area contributed by atoms with Crippen LogP contribution in [0.4, 0.5) is 5.82 Å². The SMILES string of the molecule is Cc1cc2c(N3CCC[C@@H](NS(C)(=O)=O)C3)nccc2o1. The van der Waals surface area contributed by atoms with Gasteiger partial charge in [-0.25, -0.2) is 18.1 Å². The molecule has 3 rings (SSSR count). The van der Waals surface area contributed by atoms with Crippen molar-refractivity contribution in [3.63, 3.8) is 0 Å². The molecule has 0 unspecified atom stereocenters. The fourth-order valence-corrected chi connectivity index (χ4v) is 3.69. The molecule has 0 amide bonds. The quantitative estimate of drug-likeness (QED) is 0.933. The summed E-state index contributed by atoms with van der Waals surface area (Å²) >= 11 is 0. The van der Waals surface area contributed by atoms with Gasteiger partial charge in [0, 0.05) is 25.3 Å². The molecular weight excluding hydrogens is 290 g/mol. The van der Waals surface area contributed by atoms with E-state index in [9.17, 15) is 8.42 Å². The molecule has 1 saturated heterocycles. The van der Waals surface area contributed by atoms with Gasteiger partial charge in [-0.05, 0) is 31.9 Å². The lowest BCUT2D eigenvalue weighted by molar-refractivity contribution is 0.466. The largest absolute Gasteiger partial charge is 0.461 e. The van der Waals surface area contributed by atoms with Crippen molar-refractivity contribution in [1.82, 2.24) is 9.71 Å². The molecule has 1 aliphatic heterocycles. The molecule has 6 nitrogen and oxygen atoms in total. The third-order valence-corrected chi connectivity index (χ3v) is 4.41. The van der Waals surface area contributed by atoms with E-state index >= 15 is 0 Å². The molecule has 1 fully saturated rings. The van der Waals surface area contributed by atoms with E-state index < -0.39 is 10.0 Å². The zero-order valence-electron chi connectivity index (χ0n) is 12.2. The molecule has 0 bridgehead atoms. The summed E-state index contributed by atoms with van der Waals surface area (Å²) in [4.78, 5) is 6.59. The Labute approximate surface area is 124 Å². The van der Waals surface area contributed by atoms with Gasteiger partial charge in [-0.1, -0.05) is 0 Å². The van der Waals surface area contributed by atoms with Gasteiger partial charge < -0.3 is 9.32 Å². The molecule has 0 saturated carbocycles. The molecule has 1 N–H and O–H groups in total. The van der Waals surface area contributed by atoms with Crippen LogP contribution >= 0.6 is 0 Å². The predicted octanol–water partition coefficient (Wildman–Crippen LogP) is 1.65. The monoisotopic (exact) mass is 309 g/mol. The van der Waals surface area contributed by atoms with E-state index in [-0.39, 0.29) is 6.04 Å². The third kappa shape index (κ3) is 3.19. The van der Waals surface area contributed by atoms with Gasteiger partial charge in [-0.3, -0.25) is 0 Å². The van der Waals surface area contributed by atoms with Crippen LogP contribution < -0.4 is 9.62 Å². The van der Waals surface area contributed by atoms with Crippen molar-refractivity contribution in [2.24, 2.45) is 0 Å². The number of furan rings is 1. The number of sulfonamides is 1. The fourth-order valence-electron chi connectivity index (χ4n) is 2.90. The van der Waals surface area contributed by atoms with Gasteiger partial charge in [0.1, 0.15) is 17.2 Å². The zero-order chi connectivity index (χ0) is 15.0. The van der Waals surface area contributed by atoms with Gasteiger partial charge in [-0.15, -0.1) is 0 Å². The van der Waals surface area contributed by atoms with Crippen LogP contribution in [0.15, 0.2) is 22.7 Å². The summed E-state index contributed by atoms with van der Waals surface area (Å²) in [7, 11) is -3.18. The maximum absolute atomic E-state index is 11.4. The van der Waals surface area contributed by atoms with Gasteiger partial charge in [0.25, 0.3) is 0 Å². The van der Waals surface area contributed by atoms with Crippen LogP contribution in [0.1, 0.15) is 18.6 Å². The predicted molar refractivity (Wildman–Crippen MR) is 82.0 cm³/mol. The van der Waals surface area contributed by atoms with Crippen molar-refractivity contribution in [2.45, 2.75) is 25.8 Å². The Bertz CT molecular complexity index is 754. The van der Waals surface area contributed by atoms with Gasteiger partial charge in [-0.2, -0.15) is 0 Å². The highest BCUT2D eigenvalue weighted by atomic mass is 32.2. The number of fused-ring (bicyclic) bond motifs is 1. The summed E-state index contributed by atoms with van der Waals surface area (Å²) < 4.78 is 31.1. The minimum absolute atomic E-state index is 0.0706. The number of aryl methyl sites for hydroxylation is 1. The molecule has 0 radical (unpaired) electrons. The van der Waals surface area contributed by atoms with E-state index in [0.717, 1.165) is 41.9 Å². The molecule has 0 aliphatic carbocycles. The number of rotatable bonds is 3. The van der Waals surface area contributed by atoms with Crippen LogP contribution in [0.3, 0.4) is 0 Å². The highest BCUT2D eigenvalue weighted by Crippen LogP contribution is 2.29. The van der Waals surface area contributed by atoms with Gasteiger partial charge in [0.2, 0.25) is 10.0 Å².